The normalized spacial score (nSPS) is 12.9. The molecule has 0 bridgehead atoms. The third-order valence-electron chi connectivity index (χ3n) is 2.13. The molecule has 0 spiro atoms. The van der Waals surface area contributed by atoms with Gasteiger partial charge in [-0.3, -0.25) is 0 Å². The zero-order chi connectivity index (χ0) is 10.0. The van der Waals surface area contributed by atoms with E-state index in [0.717, 1.165) is 22.0 Å². The number of rotatable bonds is 2. The third kappa shape index (κ3) is 2.23. The van der Waals surface area contributed by atoms with E-state index in [1.165, 1.54) is 0 Å². The highest BCUT2D eigenvalue weighted by Gasteiger charge is 2.11. The smallest absolute Gasteiger partial charge is 0.123 e. The van der Waals surface area contributed by atoms with Gasteiger partial charge in [-0.1, -0.05) is 22.9 Å². The molecule has 0 fully saturated rings. The van der Waals surface area contributed by atoms with Crippen molar-refractivity contribution in [2.45, 2.75) is 26.3 Å². The highest BCUT2D eigenvalue weighted by Crippen LogP contribution is 2.31. The molecule has 3 N–H and O–H groups in total. The first-order valence-electron chi connectivity index (χ1n) is 4.30. The molecule has 0 amide bonds. The van der Waals surface area contributed by atoms with Gasteiger partial charge in [-0.05, 0) is 31.0 Å². The van der Waals surface area contributed by atoms with Crippen molar-refractivity contribution in [1.82, 2.24) is 0 Å². The molecule has 1 atom stereocenters. The highest BCUT2D eigenvalue weighted by atomic mass is 79.9. The third-order valence-corrected chi connectivity index (χ3v) is 2.59. The molecule has 0 aliphatic carbocycles. The van der Waals surface area contributed by atoms with Gasteiger partial charge in [0, 0.05) is 16.1 Å². The van der Waals surface area contributed by atoms with Crippen LogP contribution in [-0.2, 0) is 0 Å². The van der Waals surface area contributed by atoms with Crippen LogP contribution in [0.5, 0.6) is 5.75 Å². The zero-order valence-electron chi connectivity index (χ0n) is 7.84. The minimum absolute atomic E-state index is 0.0869. The van der Waals surface area contributed by atoms with E-state index in [1.807, 2.05) is 26.0 Å². The zero-order valence-corrected chi connectivity index (χ0v) is 9.43. The van der Waals surface area contributed by atoms with Gasteiger partial charge in [0.05, 0.1) is 0 Å². The van der Waals surface area contributed by atoms with Crippen molar-refractivity contribution in [2.75, 3.05) is 0 Å². The average molecular weight is 244 g/mol. The Labute approximate surface area is 86.9 Å². The first-order chi connectivity index (χ1) is 6.06. The van der Waals surface area contributed by atoms with Crippen LogP contribution in [0.4, 0.5) is 0 Å². The molecule has 0 aliphatic heterocycles. The molecule has 0 saturated heterocycles. The van der Waals surface area contributed by atoms with E-state index in [1.54, 1.807) is 0 Å². The molecular formula is C10H14BrNO. The van der Waals surface area contributed by atoms with Crippen LogP contribution < -0.4 is 5.73 Å². The van der Waals surface area contributed by atoms with Crippen LogP contribution in [0.3, 0.4) is 0 Å². The van der Waals surface area contributed by atoms with Gasteiger partial charge in [-0.2, -0.15) is 0 Å². The first kappa shape index (κ1) is 10.5. The van der Waals surface area contributed by atoms with Gasteiger partial charge in [0.1, 0.15) is 5.75 Å². The van der Waals surface area contributed by atoms with E-state index in [9.17, 15) is 5.11 Å². The lowest BCUT2D eigenvalue weighted by Gasteiger charge is -2.13. The predicted octanol–water partition coefficient (Wildman–Crippen LogP) is 2.87. The highest BCUT2D eigenvalue weighted by molar-refractivity contribution is 9.10. The molecule has 13 heavy (non-hydrogen) atoms. The van der Waals surface area contributed by atoms with Crippen LogP contribution in [0.1, 0.15) is 30.5 Å². The van der Waals surface area contributed by atoms with E-state index in [-0.39, 0.29) is 6.04 Å². The molecule has 0 aliphatic rings. The molecule has 1 aromatic rings. The summed E-state index contributed by atoms with van der Waals surface area (Å²) < 4.78 is 0.960. The van der Waals surface area contributed by atoms with Crippen LogP contribution in [-0.4, -0.2) is 5.11 Å². The number of aryl methyl sites for hydroxylation is 1. The SMILES string of the molecule is CC[C@H](N)c1cc(Br)cc(C)c1O. The fourth-order valence-electron chi connectivity index (χ4n) is 1.26. The molecule has 0 unspecified atom stereocenters. The molecule has 1 aromatic carbocycles. The lowest BCUT2D eigenvalue weighted by molar-refractivity contribution is 0.456. The number of hydrogen-bond acceptors (Lipinski definition) is 2. The Bertz CT molecular complexity index is 312. The number of aromatic hydroxyl groups is 1. The molecule has 0 heterocycles. The summed E-state index contributed by atoms with van der Waals surface area (Å²) in [7, 11) is 0. The minimum Gasteiger partial charge on any atom is -0.507 e. The van der Waals surface area contributed by atoms with Gasteiger partial charge in [0.2, 0.25) is 0 Å². The molecular weight excluding hydrogens is 230 g/mol. The van der Waals surface area contributed by atoms with Crippen molar-refractivity contribution >= 4 is 15.9 Å². The van der Waals surface area contributed by atoms with Crippen LogP contribution >= 0.6 is 15.9 Å². The maximum Gasteiger partial charge on any atom is 0.123 e. The molecule has 3 heteroatoms. The summed E-state index contributed by atoms with van der Waals surface area (Å²) in [6.45, 7) is 3.87. The van der Waals surface area contributed by atoms with E-state index < -0.39 is 0 Å². The Morgan fingerprint density at radius 3 is 2.69 bits per heavy atom. The summed E-state index contributed by atoms with van der Waals surface area (Å²) in [5, 5.41) is 9.72. The maximum atomic E-state index is 9.72. The molecule has 0 radical (unpaired) electrons. The number of benzene rings is 1. The Morgan fingerprint density at radius 1 is 1.54 bits per heavy atom. The lowest BCUT2D eigenvalue weighted by atomic mass is 10.0. The quantitative estimate of drug-likeness (QED) is 0.840. The van der Waals surface area contributed by atoms with Crippen molar-refractivity contribution in [3.05, 3.63) is 27.7 Å². The summed E-state index contributed by atoms with van der Waals surface area (Å²) in [4.78, 5) is 0. The van der Waals surface area contributed by atoms with E-state index in [0.29, 0.717) is 5.75 Å². The summed E-state index contributed by atoms with van der Waals surface area (Å²) >= 11 is 3.38. The summed E-state index contributed by atoms with van der Waals surface area (Å²) in [5.41, 5.74) is 7.52. The predicted molar refractivity (Wildman–Crippen MR) is 57.8 cm³/mol. The Kier molecular flexibility index (Phi) is 3.33. The molecule has 2 nitrogen and oxygen atoms in total. The van der Waals surface area contributed by atoms with Gasteiger partial charge in [-0.15, -0.1) is 0 Å². The molecule has 72 valence electrons. The molecule has 0 aromatic heterocycles. The van der Waals surface area contributed by atoms with Crippen molar-refractivity contribution in [1.29, 1.82) is 0 Å². The number of halogens is 1. The number of nitrogens with two attached hydrogens (primary N) is 1. The minimum atomic E-state index is -0.0869. The average Bonchev–Trinajstić information content (AvgIpc) is 2.10. The number of phenols is 1. The largest absolute Gasteiger partial charge is 0.507 e. The van der Waals surface area contributed by atoms with Crippen molar-refractivity contribution < 1.29 is 5.11 Å². The fourth-order valence-corrected chi connectivity index (χ4v) is 1.85. The van der Waals surface area contributed by atoms with Crippen LogP contribution in [0.25, 0.3) is 0 Å². The van der Waals surface area contributed by atoms with Crippen molar-refractivity contribution in [3.63, 3.8) is 0 Å². The van der Waals surface area contributed by atoms with Crippen LogP contribution in [0.15, 0.2) is 16.6 Å². The second-order valence-corrected chi connectivity index (χ2v) is 4.09. The molecule has 0 saturated carbocycles. The standard InChI is InChI=1S/C10H14BrNO/c1-3-9(12)8-5-7(11)4-6(2)10(8)13/h4-5,9,13H,3,12H2,1-2H3/t9-/m0/s1. The molecule has 1 rings (SSSR count). The Hall–Kier alpha value is -0.540. The lowest BCUT2D eigenvalue weighted by Crippen LogP contribution is -2.09. The van der Waals surface area contributed by atoms with Gasteiger partial charge in [-0.25, -0.2) is 0 Å². The fraction of sp³-hybridized carbons (Fsp3) is 0.400. The van der Waals surface area contributed by atoms with E-state index in [4.69, 9.17) is 5.73 Å². The van der Waals surface area contributed by atoms with Crippen molar-refractivity contribution in [3.8, 4) is 5.75 Å². The van der Waals surface area contributed by atoms with E-state index >= 15 is 0 Å². The second kappa shape index (κ2) is 4.11. The summed E-state index contributed by atoms with van der Waals surface area (Å²) in [6.07, 6.45) is 0.823. The Morgan fingerprint density at radius 2 is 2.15 bits per heavy atom. The van der Waals surface area contributed by atoms with Crippen LogP contribution in [0.2, 0.25) is 0 Å². The van der Waals surface area contributed by atoms with Crippen LogP contribution in [0, 0.1) is 6.92 Å². The second-order valence-electron chi connectivity index (χ2n) is 3.18. The van der Waals surface area contributed by atoms with Crippen molar-refractivity contribution in [2.24, 2.45) is 5.73 Å². The van der Waals surface area contributed by atoms with Gasteiger partial charge >= 0.3 is 0 Å². The monoisotopic (exact) mass is 243 g/mol. The number of phenolic OH excluding ortho intramolecular Hbond substituents is 1. The maximum absolute atomic E-state index is 9.72. The first-order valence-corrected chi connectivity index (χ1v) is 5.10. The summed E-state index contributed by atoms with van der Waals surface area (Å²) in [5.74, 6) is 0.317. The Balaban J connectivity index is 3.20. The van der Waals surface area contributed by atoms with Gasteiger partial charge in [0.15, 0.2) is 0 Å². The summed E-state index contributed by atoms with van der Waals surface area (Å²) in [6, 6.07) is 3.66. The number of hydrogen-bond donors (Lipinski definition) is 2. The van der Waals surface area contributed by atoms with Gasteiger partial charge in [0.25, 0.3) is 0 Å². The topological polar surface area (TPSA) is 46.2 Å². The van der Waals surface area contributed by atoms with Gasteiger partial charge < -0.3 is 10.8 Å². The van der Waals surface area contributed by atoms with E-state index in [2.05, 4.69) is 15.9 Å².